The van der Waals surface area contributed by atoms with Gasteiger partial charge in [0.1, 0.15) is 12.4 Å². The lowest BCUT2D eigenvalue weighted by Crippen LogP contribution is -2.01. The number of hydrogen-bond acceptors (Lipinski definition) is 8. The lowest BCUT2D eigenvalue weighted by molar-refractivity contribution is 0.111. The highest BCUT2D eigenvalue weighted by molar-refractivity contribution is 5.79. The SMILES string of the molecule is COc1cc(C=O)c(OCc2cncc(-c3nn[nH]n3)c2)cn1. The first-order chi connectivity index (χ1) is 11.3. The van der Waals surface area contributed by atoms with Crippen molar-refractivity contribution in [3.8, 4) is 23.0 Å². The van der Waals surface area contributed by atoms with E-state index in [0.717, 1.165) is 5.56 Å². The number of H-pyrrole nitrogens is 1. The van der Waals surface area contributed by atoms with Crippen LogP contribution < -0.4 is 9.47 Å². The molecule has 0 unspecified atom stereocenters. The minimum Gasteiger partial charge on any atom is -0.486 e. The standard InChI is InChI=1S/C14H12N6O3/c1-22-13-3-11(7-21)12(6-16-13)23-8-9-2-10(5-15-4-9)14-17-19-20-18-14/h2-7H,8H2,1H3,(H,17,18,19,20). The third-order valence-electron chi connectivity index (χ3n) is 3.00. The molecule has 3 aromatic rings. The first-order valence-electron chi connectivity index (χ1n) is 6.60. The fraction of sp³-hybridized carbons (Fsp3) is 0.143. The molecule has 3 rings (SSSR count). The molecule has 116 valence electrons. The molecule has 0 aromatic carbocycles. The van der Waals surface area contributed by atoms with Crippen molar-refractivity contribution in [2.24, 2.45) is 0 Å². The number of aldehydes is 1. The quantitative estimate of drug-likeness (QED) is 0.672. The summed E-state index contributed by atoms with van der Waals surface area (Å²) in [6, 6.07) is 3.34. The van der Waals surface area contributed by atoms with Gasteiger partial charge in [0.05, 0.1) is 18.9 Å². The maximum Gasteiger partial charge on any atom is 0.213 e. The van der Waals surface area contributed by atoms with Gasteiger partial charge in [-0.25, -0.2) is 4.98 Å². The molecule has 0 amide bonds. The fourth-order valence-corrected chi connectivity index (χ4v) is 1.90. The van der Waals surface area contributed by atoms with Crippen molar-refractivity contribution in [1.29, 1.82) is 0 Å². The normalized spacial score (nSPS) is 10.3. The molecule has 0 fully saturated rings. The molecule has 3 heterocycles. The van der Waals surface area contributed by atoms with Crippen molar-refractivity contribution in [3.63, 3.8) is 0 Å². The summed E-state index contributed by atoms with van der Waals surface area (Å²) in [4.78, 5) is 19.3. The third kappa shape index (κ3) is 3.28. The van der Waals surface area contributed by atoms with E-state index in [2.05, 4.69) is 30.6 Å². The van der Waals surface area contributed by atoms with Gasteiger partial charge < -0.3 is 9.47 Å². The monoisotopic (exact) mass is 312 g/mol. The van der Waals surface area contributed by atoms with E-state index in [1.807, 2.05) is 6.07 Å². The van der Waals surface area contributed by atoms with Crippen LogP contribution in [0, 0.1) is 0 Å². The van der Waals surface area contributed by atoms with Crippen LogP contribution in [0.3, 0.4) is 0 Å². The molecule has 0 spiro atoms. The van der Waals surface area contributed by atoms with E-state index < -0.39 is 0 Å². The van der Waals surface area contributed by atoms with Gasteiger partial charge in [-0.05, 0) is 11.3 Å². The van der Waals surface area contributed by atoms with Gasteiger partial charge in [-0.3, -0.25) is 9.78 Å². The lowest BCUT2D eigenvalue weighted by Gasteiger charge is -2.09. The van der Waals surface area contributed by atoms with Crippen LogP contribution >= 0.6 is 0 Å². The van der Waals surface area contributed by atoms with Crippen LogP contribution in [-0.4, -0.2) is 44.0 Å². The Bertz CT molecular complexity index is 806. The molecule has 9 heteroatoms. The summed E-state index contributed by atoms with van der Waals surface area (Å²) in [5.74, 6) is 1.16. The van der Waals surface area contributed by atoms with E-state index >= 15 is 0 Å². The van der Waals surface area contributed by atoms with Crippen molar-refractivity contribution in [1.82, 2.24) is 30.6 Å². The van der Waals surface area contributed by atoms with Crippen LogP contribution in [0.15, 0.2) is 30.7 Å². The van der Waals surface area contributed by atoms with Gasteiger partial charge in [0.15, 0.2) is 6.29 Å². The van der Waals surface area contributed by atoms with Gasteiger partial charge >= 0.3 is 0 Å². The summed E-state index contributed by atoms with van der Waals surface area (Å²) in [7, 11) is 1.48. The number of pyridine rings is 2. The second kappa shape index (κ2) is 6.60. The topological polar surface area (TPSA) is 116 Å². The van der Waals surface area contributed by atoms with Crippen molar-refractivity contribution in [2.45, 2.75) is 6.61 Å². The summed E-state index contributed by atoms with van der Waals surface area (Å²) < 4.78 is 10.6. The Labute approximate surface area is 130 Å². The van der Waals surface area contributed by atoms with E-state index in [1.165, 1.54) is 19.4 Å². The Morgan fingerprint density at radius 3 is 2.91 bits per heavy atom. The van der Waals surface area contributed by atoms with E-state index in [4.69, 9.17) is 9.47 Å². The Kier molecular flexibility index (Phi) is 4.18. The summed E-state index contributed by atoms with van der Waals surface area (Å²) >= 11 is 0. The Morgan fingerprint density at radius 2 is 2.17 bits per heavy atom. The van der Waals surface area contributed by atoms with Crippen molar-refractivity contribution < 1.29 is 14.3 Å². The highest BCUT2D eigenvalue weighted by atomic mass is 16.5. The number of rotatable bonds is 6. The Hall–Kier alpha value is -3.36. The van der Waals surface area contributed by atoms with Gasteiger partial charge in [0.25, 0.3) is 0 Å². The predicted octanol–water partition coefficient (Wildman–Crippen LogP) is 1.06. The zero-order chi connectivity index (χ0) is 16.1. The molecular weight excluding hydrogens is 300 g/mol. The number of carbonyl (C=O) groups excluding carboxylic acids is 1. The molecule has 0 aliphatic heterocycles. The number of hydrogen-bond donors (Lipinski definition) is 1. The van der Waals surface area contributed by atoms with E-state index in [1.54, 1.807) is 12.4 Å². The van der Waals surface area contributed by atoms with E-state index in [9.17, 15) is 4.79 Å². The molecular formula is C14H12N6O3. The first-order valence-corrected chi connectivity index (χ1v) is 6.60. The fourth-order valence-electron chi connectivity index (χ4n) is 1.90. The van der Waals surface area contributed by atoms with Crippen LogP contribution in [0.1, 0.15) is 15.9 Å². The number of tetrazole rings is 1. The molecule has 0 saturated carbocycles. The van der Waals surface area contributed by atoms with Gasteiger partial charge in [-0.1, -0.05) is 0 Å². The van der Waals surface area contributed by atoms with Gasteiger partial charge in [0, 0.05) is 29.6 Å². The summed E-state index contributed by atoms with van der Waals surface area (Å²) in [6.45, 7) is 0.216. The molecule has 0 radical (unpaired) electrons. The summed E-state index contributed by atoms with van der Waals surface area (Å²) in [5, 5.41) is 13.7. The molecule has 23 heavy (non-hydrogen) atoms. The number of nitrogens with one attached hydrogen (secondary N) is 1. The molecule has 0 aliphatic rings. The van der Waals surface area contributed by atoms with Gasteiger partial charge in [-0.2, -0.15) is 5.21 Å². The lowest BCUT2D eigenvalue weighted by atomic mass is 10.2. The molecule has 9 nitrogen and oxygen atoms in total. The molecule has 3 aromatic heterocycles. The van der Waals surface area contributed by atoms with Crippen molar-refractivity contribution in [3.05, 3.63) is 41.9 Å². The summed E-state index contributed by atoms with van der Waals surface area (Å²) in [5.41, 5.74) is 1.86. The largest absolute Gasteiger partial charge is 0.486 e. The van der Waals surface area contributed by atoms with Crippen LogP contribution in [0.4, 0.5) is 0 Å². The Balaban J connectivity index is 1.76. The number of carbonyl (C=O) groups is 1. The maximum atomic E-state index is 11.1. The van der Waals surface area contributed by atoms with Crippen molar-refractivity contribution >= 4 is 6.29 Å². The van der Waals surface area contributed by atoms with Crippen molar-refractivity contribution in [2.75, 3.05) is 7.11 Å². The Morgan fingerprint density at radius 1 is 1.26 bits per heavy atom. The smallest absolute Gasteiger partial charge is 0.213 e. The number of ether oxygens (including phenoxy) is 2. The second-order valence-corrected chi connectivity index (χ2v) is 4.49. The molecule has 0 atom stereocenters. The molecule has 0 aliphatic carbocycles. The van der Waals surface area contributed by atoms with Gasteiger partial charge in [0.2, 0.25) is 11.7 Å². The average molecular weight is 312 g/mol. The van der Waals surface area contributed by atoms with E-state index in [-0.39, 0.29) is 6.61 Å². The number of methoxy groups -OCH3 is 1. The van der Waals surface area contributed by atoms with Crippen LogP contribution in [0.2, 0.25) is 0 Å². The number of aromatic amines is 1. The molecule has 0 saturated heterocycles. The molecule has 1 N–H and O–H groups in total. The molecule has 0 bridgehead atoms. The minimum absolute atomic E-state index is 0.216. The summed E-state index contributed by atoms with van der Waals surface area (Å²) in [6.07, 6.45) is 5.41. The van der Waals surface area contributed by atoms with Crippen LogP contribution in [0.5, 0.6) is 11.6 Å². The maximum absolute atomic E-state index is 11.1. The highest BCUT2D eigenvalue weighted by Crippen LogP contribution is 2.21. The zero-order valence-corrected chi connectivity index (χ0v) is 12.1. The average Bonchev–Trinajstić information content (AvgIpc) is 3.14. The van der Waals surface area contributed by atoms with Crippen LogP contribution in [-0.2, 0) is 6.61 Å². The first kappa shape index (κ1) is 14.6. The predicted molar refractivity (Wildman–Crippen MR) is 77.9 cm³/mol. The number of aromatic nitrogens is 6. The minimum atomic E-state index is 0.216. The van der Waals surface area contributed by atoms with Crippen LogP contribution in [0.25, 0.3) is 11.4 Å². The third-order valence-corrected chi connectivity index (χ3v) is 3.00. The second-order valence-electron chi connectivity index (χ2n) is 4.49. The van der Waals surface area contributed by atoms with E-state index in [0.29, 0.717) is 34.9 Å². The number of nitrogens with zero attached hydrogens (tertiary/aromatic N) is 5. The van der Waals surface area contributed by atoms with Gasteiger partial charge in [-0.15, -0.1) is 10.2 Å². The highest BCUT2D eigenvalue weighted by Gasteiger charge is 2.08. The zero-order valence-electron chi connectivity index (χ0n) is 12.1.